The number of azide groups is 1. The molecule has 1 fully saturated rings. The molecule has 0 bridgehead atoms. The van der Waals surface area contributed by atoms with Gasteiger partial charge in [-0.05, 0) is 24.9 Å². The van der Waals surface area contributed by atoms with Gasteiger partial charge in [0.05, 0.1) is 29.7 Å². The first-order valence-corrected chi connectivity index (χ1v) is 6.01. The van der Waals surface area contributed by atoms with Crippen molar-refractivity contribution in [2.75, 3.05) is 18.0 Å². The highest BCUT2D eigenvalue weighted by molar-refractivity contribution is 5.89. The van der Waals surface area contributed by atoms with Gasteiger partial charge in [-0.15, -0.1) is 0 Å². The van der Waals surface area contributed by atoms with Crippen LogP contribution >= 0.6 is 0 Å². The molecule has 102 valence electrons. The number of ether oxygens (including phenoxy) is 1. The van der Waals surface area contributed by atoms with Gasteiger partial charge in [-0.2, -0.15) is 5.26 Å². The molecular weight excluding hydrogens is 260 g/mol. The molecular formula is C12H12N6O2. The maximum Gasteiger partial charge on any atom is 0.414 e. The monoisotopic (exact) mass is 272 g/mol. The van der Waals surface area contributed by atoms with Crippen LogP contribution in [0.3, 0.4) is 0 Å². The Kier molecular flexibility index (Phi) is 4.03. The van der Waals surface area contributed by atoms with Crippen molar-refractivity contribution >= 4 is 11.8 Å². The molecule has 1 atom stereocenters. The third-order valence-corrected chi connectivity index (χ3v) is 2.99. The van der Waals surface area contributed by atoms with Gasteiger partial charge in [-0.3, -0.25) is 9.88 Å². The zero-order valence-electron chi connectivity index (χ0n) is 10.9. The molecule has 8 nitrogen and oxygen atoms in total. The summed E-state index contributed by atoms with van der Waals surface area (Å²) in [7, 11) is 0. The number of aromatic nitrogens is 1. The fourth-order valence-corrected chi connectivity index (χ4v) is 1.91. The van der Waals surface area contributed by atoms with Crippen molar-refractivity contribution in [3.05, 3.63) is 34.0 Å². The zero-order chi connectivity index (χ0) is 14.5. The first kappa shape index (κ1) is 13.6. The number of nitrogens with zero attached hydrogens (tertiary/aromatic N) is 6. The molecule has 8 heteroatoms. The van der Waals surface area contributed by atoms with Gasteiger partial charge in [-0.1, -0.05) is 5.11 Å². The maximum atomic E-state index is 11.8. The van der Waals surface area contributed by atoms with E-state index in [1.807, 2.05) is 6.07 Å². The normalized spacial score (nSPS) is 17.3. The Bertz CT molecular complexity index is 617. The van der Waals surface area contributed by atoms with Crippen LogP contribution in [-0.4, -0.2) is 30.3 Å². The number of hydrogen-bond donors (Lipinski definition) is 0. The molecule has 1 aliphatic rings. The van der Waals surface area contributed by atoms with Crippen LogP contribution in [0, 0.1) is 18.3 Å². The van der Waals surface area contributed by atoms with E-state index in [2.05, 4.69) is 15.0 Å². The standard InChI is InChI=1S/C12H12N6O2/c1-8-9(5-13)4-10(6-15-8)18-7-11(20-12(18)19)2-3-16-17-14/h4,6,11H,2-3,7H2,1H3. The number of anilines is 1. The van der Waals surface area contributed by atoms with E-state index in [0.717, 1.165) is 0 Å². The lowest BCUT2D eigenvalue weighted by Crippen LogP contribution is -2.25. The molecule has 1 aliphatic heterocycles. The topological polar surface area (TPSA) is 115 Å². The summed E-state index contributed by atoms with van der Waals surface area (Å²) in [5.74, 6) is 0. The summed E-state index contributed by atoms with van der Waals surface area (Å²) in [6.45, 7) is 2.36. The SMILES string of the molecule is Cc1ncc(N2CC(CCN=[N+]=[N-])OC2=O)cc1C#N. The first-order chi connectivity index (χ1) is 9.65. The Morgan fingerprint density at radius 1 is 1.75 bits per heavy atom. The Morgan fingerprint density at radius 3 is 3.25 bits per heavy atom. The summed E-state index contributed by atoms with van der Waals surface area (Å²) < 4.78 is 5.17. The van der Waals surface area contributed by atoms with E-state index < -0.39 is 6.09 Å². The van der Waals surface area contributed by atoms with E-state index in [0.29, 0.717) is 29.9 Å². The molecule has 0 aromatic carbocycles. The van der Waals surface area contributed by atoms with E-state index in [4.69, 9.17) is 15.5 Å². The van der Waals surface area contributed by atoms with Crippen LogP contribution in [0.25, 0.3) is 10.4 Å². The molecule has 1 unspecified atom stereocenters. The quantitative estimate of drug-likeness (QED) is 0.475. The number of rotatable bonds is 4. The van der Waals surface area contributed by atoms with Gasteiger partial charge in [0.15, 0.2) is 0 Å². The number of hydrogen-bond acceptors (Lipinski definition) is 5. The van der Waals surface area contributed by atoms with Gasteiger partial charge < -0.3 is 4.74 Å². The van der Waals surface area contributed by atoms with E-state index in [9.17, 15) is 4.79 Å². The summed E-state index contributed by atoms with van der Waals surface area (Å²) >= 11 is 0. The van der Waals surface area contributed by atoms with Crippen molar-refractivity contribution in [2.45, 2.75) is 19.4 Å². The second-order valence-corrected chi connectivity index (χ2v) is 4.30. The molecule has 0 saturated carbocycles. The minimum Gasteiger partial charge on any atom is -0.444 e. The third-order valence-electron chi connectivity index (χ3n) is 2.99. The van der Waals surface area contributed by atoms with Gasteiger partial charge in [0.25, 0.3) is 0 Å². The smallest absolute Gasteiger partial charge is 0.414 e. The predicted octanol–water partition coefficient (Wildman–Crippen LogP) is 2.29. The average molecular weight is 272 g/mol. The van der Waals surface area contributed by atoms with Crippen molar-refractivity contribution in [1.29, 1.82) is 5.26 Å². The largest absolute Gasteiger partial charge is 0.444 e. The molecule has 0 N–H and O–H groups in total. The van der Waals surface area contributed by atoms with Gasteiger partial charge in [0, 0.05) is 11.5 Å². The van der Waals surface area contributed by atoms with Crippen molar-refractivity contribution in [3.63, 3.8) is 0 Å². The summed E-state index contributed by atoms with van der Waals surface area (Å²) in [5.41, 5.74) is 9.78. The molecule has 1 aromatic rings. The van der Waals surface area contributed by atoms with Crippen LogP contribution in [0.5, 0.6) is 0 Å². The van der Waals surface area contributed by atoms with Gasteiger partial charge in [-0.25, -0.2) is 4.79 Å². The number of carbonyl (C=O) groups is 1. The van der Waals surface area contributed by atoms with Crippen LogP contribution in [0.2, 0.25) is 0 Å². The van der Waals surface area contributed by atoms with Crippen LogP contribution in [-0.2, 0) is 4.74 Å². The molecule has 2 rings (SSSR count). The Hall–Kier alpha value is -2.78. The van der Waals surface area contributed by atoms with Gasteiger partial charge >= 0.3 is 6.09 Å². The Labute approximate surface area is 115 Å². The number of aryl methyl sites for hydroxylation is 1. The fourth-order valence-electron chi connectivity index (χ4n) is 1.91. The van der Waals surface area contributed by atoms with E-state index in [1.54, 1.807) is 13.0 Å². The summed E-state index contributed by atoms with van der Waals surface area (Å²) in [6, 6.07) is 3.64. The highest BCUT2D eigenvalue weighted by atomic mass is 16.6. The first-order valence-electron chi connectivity index (χ1n) is 6.01. The molecule has 20 heavy (non-hydrogen) atoms. The minimum absolute atomic E-state index is 0.276. The summed E-state index contributed by atoms with van der Waals surface area (Å²) in [4.78, 5) is 20.0. The number of pyridine rings is 1. The number of cyclic esters (lactones) is 1. The maximum absolute atomic E-state index is 11.8. The zero-order valence-corrected chi connectivity index (χ0v) is 10.9. The molecule has 1 amide bonds. The second kappa shape index (κ2) is 5.91. The highest BCUT2D eigenvalue weighted by Gasteiger charge is 2.32. The average Bonchev–Trinajstić information content (AvgIpc) is 2.81. The molecule has 0 aliphatic carbocycles. The van der Waals surface area contributed by atoms with Crippen LogP contribution in [0.15, 0.2) is 17.4 Å². The summed E-state index contributed by atoms with van der Waals surface area (Å²) in [6.07, 6.45) is 1.20. The van der Waals surface area contributed by atoms with Gasteiger partial charge in [0.1, 0.15) is 12.2 Å². The van der Waals surface area contributed by atoms with E-state index in [1.165, 1.54) is 11.1 Å². The molecule has 2 heterocycles. The molecule has 0 spiro atoms. The van der Waals surface area contributed by atoms with Crippen molar-refractivity contribution in [1.82, 2.24) is 4.98 Å². The summed E-state index contributed by atoms with van der Waals surface area (Å²) in [5, 5.41) is 12.4. The third kappa shape index (κ3) is 2.79. The Balaban J connectivity index is 2.12. The number of amides is 1. The van der Waals surface area contributed by atoms with Gasteiger partial charge in [0.2, 0.25) is 0 Å². The lowest BCUT2D eigenvalue weighted by molar-refractivity contribution is 0.138. The van der Waals surface area contributed by atoms with Crippen molar-refractivity contribution in [3.8, 4) is 6.07 Å². The van der Waals surface area contributed by atoms with Crippen molar-refractivity contribution < 1.29 is 9.53 Å². The lowest BCUT2D eigenvalue weighted by Gasteiger charge is -2.13. The lowest BCUT2D eigenvalue weighted by atomic mass is 10.2. The fraction of sp³-hybridized carbons (Fsp3) is 0.417. The molecule has 1 saturated heterocycles. The molecule has 1 aromatic heterocycles. The van der Waals surface area contributed by atoms with Crippen molar-refractivity contribution in [2.24, 2.45) is 5.11 Å². The number of carbonyl (C=O) groups excluding carboxylic acids is 1. The van der Waals surface area contributed by atoms with E-state index in [-0.39, 0.29) is 12.6 Å². The predicted molar refractivity (Wildman–Crippen MR) is 69.9 cm³/mol. The number of nitriles is 1. The second-order valence-electron chi connectivity index (χ2n) is 4.30. The van der Waals surface area contributed by atoms with Crippen LogP contribution < -0.4 is 4.90 Å². The van der Waals surface area contributed by atoms with Crippen LogP contribution in [0.4, 0.5) is 10.5 Å². The molecule has 0 radical (unpaired) electrons. The van der Waals surface area contributed by atoms with E-state index >= 15 is 0 Å². The van der Waals surface area contributed by atoms with Crippen LogP contribution in [0.1, 0.15) is 17.7 Å². The minimum atomic E-state index is -0.481. The Morgan fingerprint density at radius 2 is 2.55 bits per heavy atom. The highest BCUT2D eigenvalue weighted by Crippen LogP contribution is 2.23.